The highest BCUT2D eigenvalue weighted by atomic mass is 35.5. The molecule has 0 atom stereocenters. The van der Waals surface area contributed by atoms with Crippen molar-refractivity contribution in [3.63, 3.8) is 0 Å². The van der Waals surface area contributed by atoms with Crippen molar-refractivity contribution in [3.05, 3.63) is 63.2 Å². The van der Waals surface area contributed by atoms with Gasteiger partial charge >= 0.3 is 5.97 Å². The van der Waals surface area contributed by atoms with Gasteiger partial charge in [0.2, 0.25) is 0 Å². The van der Waals surface area contributed by atoms with Crippen LogP contribution in [0.3, 0.4) is 0 Å². The van der Waals surface area contributed by atoms with Crippen molar-refractivity contribution in [2.45, 2.75) is 6.42 Å². The van der Waals surface area contributed by atoms with Crippen LogP contribution in [-0.4, -0.2) is 36.6 Å². The van der Waals surface area contributed by atoms with Crippen LogP contribution in [0, 0.1) is 10.1 Å². The minimum Gasteiger partial charge on any atom is -0.490 e. The minimum absolute atomic E-state index is 0.00818. The first-order valence-corrected chi connectivity index (χ1v) is 9.28. The third-order valence-electron chi connectivity index (χ3n) is 3.96. The molecule has 1 heterocycles. The Hall–Kier alpha value is -3.59. The van der Waals surface area contributed by atoms with Crippen LogP contribution in [0.1, 0.15) is 12.0 Å². The van der Waals surface area contributed by atoms with Crippen molar-refractivity contribution < 1.29 is 28.7 Å². The Labute approximate surface area is 176 Å². The van der Waals surface area contributed by atoms with Crippen LogP contribution in [0.5, 0.6) is 11.5 Å². The predicted molar refractivity (Wildman–Crippen MR) is 109 cm³/mol. The molecule has 1 aliphatic rings. The van der Waals surface area contributed by atoms with Crippen molar-refractivity contribution in [3.8, 4) is 11.5 Å². The Morgan fingerprint density at radius 3 is 2.70 bits per heavy atom. The molecule has 1 aliphatic heterocycles. The van der Waals surface area contributed by atoms with Gasteiger partial charge in [0.05, 0.1) is 18.1 Å². The van der Waals surface area contributed by atoms with Crippen molar-refractivity contribution in [2.75, 3.05) is 25.1 Å². The highest BCUT2D eigenvalue weighted by Crippen LogP contribution is 2.32. The molecule has 0 aromatic heterocycles. The molecule has 9 nitrogen and oxygen atoms in total. The molecule has 10 heteroatoms. The number of rotatable bonds is 6. The van der Waals surface area contributed by atoms with E-state index in [1.54, 1.807) is 18.2 Å². The maximum absolute atomic E-state index is 12.0. The molecular formula is C20H17ClN2O7. The number of esters is 1. The van der Waals surface area contributed by atoms with Crippen LogP contribution >= 0.6 is 11.6 Å². The summed E-state index contributed by atoms with van der Waals surface area (Å²) in [7, 11) is 0. The van der Waals surface area contributed by atoms with Crippen molar-refractivity contribution in [2.24, 2.45) is 0 Å². The van der Waals surface area contributed by atoms with Crippen molar-refractivity contribution in [1.29, 1.82) is 0 Å². The molecule has 0 radical (unpaired) electrons. The van der Waals surface area contributed by atoms with Crippen molar-refractivity contribution in [1.82, 2.24) is 0 Å². The molecule has 2 aromatic carbocycles. The van der Waals surface area contributed by atoms with Gasteiger partial charge in [0.25, 0.3) is 11.6 Å². The number of halogens is 1. The fraction of sp³-hybridized carbons (Fsp3) is 0.200. The van der Waals surface area contributed by atoms with E-state index in [-0.39, 0.29) is 10.7 Å². The summed E-state index contributed by atoms with van der Waals surface area (Å²) in [5.74, 6) is -0.179. The second-order valence-corrected chi connectivity index (χ2v) is 6.58. The molecule has 1 amide bonds. The predicted octanol–water partition coefficient (Wildman–Crippen LogP) is 3.60. The first kappa shape index (κ1) is 21.1. The van der Waals surface area contributed by atoms with Crippen LogP contribution in [-0.2, 0) is 14.3 Å². The lowest BCUT2D eigenvalue weighted by Gasteiger charge is -2.10. The van der Waals surface area contributed by atoms with E-state index in [1.165, 1.54) is 24.3 Å². The summed E-state index contributed by atoms with van der Waals surface area (Å²) in [6.45, 7) is 0.578. The minimum atomic E-state index is -0.776. The molecule has 0 spiro atoms. The van der Waals surface area contributed by atoms with E-state index in [2.05, 4.69) is 5.32 Å². The van der Waals surface area contributed by atoms with Gasteiger partial charge in [0.15, 0.2) is 18.1 Å². The van der Waals surface area contributed by atoms with Gasteiger partial charge in [-0.3, -0.25) is 14.9 Å². The Morgan fingerprint density at radius 1 is 1.17 bits per heavy atom. The number of nitrogens with zero attached hydrogens (tertiary/aromatic N) is 1. The first-order valence-electron chi connectivity index (χ1n) is 8.90. The largest absolute Gasteiger partial charge is 0.490 e. The molecular weight excluding hydrogens is 416 g/mol. The number of carbonyl (C=O) groups excluding carboxylic acids is 2. The van der Waals surface area contributed by atoms with E-state index in [0.717, 1.165) is 12.5 Å². The summed E-state index contributed by atoms with van der Waals surface area (Å²) in [5.41, 5.74) is 0.589. The number of ether oxygens (including phenoxy) is 3. The maximum Gasteiger partial charge on any atom is 0.331 e. The average molecular weight is 433 g/mol. The topological polar surface area (TPSA) is 117 Å². The van der Waals surface area contributed by atoms with Crippen molar-refractivity contribution >= 4 is 40.9 Å². The molecule has 0 unspecified atom stereocenters. The summed E-state index contributed by atoms with van der Waals surface area (Å²) < 4.78 is 15.9. The summed E-state index contributed by atoms with van der Waals surface area (Å²) in [4.78, 5) is 34.1. The summed E-state index contributed by atoms with van der Waals surface area (Å²) >= 11 is 5.74. The molecule has 0 bridgehead atoms. The molecule has 3 rings (SSSR count). The van der Waals surface area contributed by atoms with Crippen LogP contribution < -0.4 is 14.8 Å². The molecule has 2 aromatic rings. The van der Waals surface area contributed by atoms with Crippen LogP contribution in [0.25, 0.3) is 6.08 Å². The number of nitro groups is 1. The zero-order valence-corrected chi connectivity index (χ0v) is 16.4. The number of benzene rings is 2. The normalized spacial score (nSPS) is 12.8. The number of fused-ring (bicyclic) bond motifs is 1. The fourth-order valence-electron chi connectivity index (χ4n) is 2.56. The number of nitrogens with one attached hydrogen (secondary N) is 1. The molecule has 30 heavy (non-hydrogen) atoms. The van der Waals surface area contributed by atoms with Gasteiger partial charge in [0.1, 0.15) is 5.02 Å². The Balaban J connectivity index is 1.52. The summed E-state index contributed by atoms with van der Waals surface area (Å²) in [5, 5.41) is 13.5. The smallest absolute Gasteiger partial charge is 0.331 e. The van der Waals surface area contributed by atoms with E-state index in [9.17, 15) is 19.7 Å². The fourth-order valence-corrected chi connectivity index (χ4v) is 2.75. The standard InChI is InChI=1S/C20H17ClN2O7/c21-15-5-2-13(10-16(15)23(26)27)3-7-20(25)30-12-19(24)22-14-4-6-17-18(11-14)29-9-1-8-28-17/h2-7,10-11H,1,8-9,12H2,(H,22,24)/b7-3+. The van der Waals surface area contributed by atoms with E-state index in [0.29, 0.717) is 36.0 Å². The number of carbonyl (C=O) groups is 2. The zero-order chi connectivity index (χ0) is 21.5. The maximum atomic E-state index is 12.0. The van der Waals surface area contributed by atoms with Gasteiger partial charge in [-0.05, 0) is 29.8 Å². The quantitative estimate of drug-likeness (QED) is 0.320. The second-order valence-electron chi connectivity index (χ2n) is 6.17. The van der Waals surface area contributed by atoms with Gasteiger partial charge < -0.3 is 19.5 Å². The Bertz CT molecular complexity index is 1010. The first-order chi connectivity index (χ1) is 14.4. The van der Waals surface area contributed by atoms with Gasteiger partial charge in [-0.1, -0.05) is 17.7 Å². The van der Waals surface area contributed by atoms with Crippen LogP contribution in [0.15, 0.2) is 42.5 Å². The second kappa shape index (κ2) is 9.75. The summed E-state index contributed by atoms with van der Waals surface area (Å²) in [6, 6.07) is 9.07. The van der Waals surface area contributed by atoms with E-state index in [4.69, 9.17) is 25.8 Å². The number of anilines is 1. The zero-order valence-electron chi connectivity index (χ0n) is 15.6. The van der Waals surface area contributed by atoms with E-state index >= 15 is 0 Å². The number of amides is 1. The third kappa shape index (κ3) is 5.71. The van der Waals surface area contributed by atoms with Crippen LogP contribution in [0.4, 0.5) is 11.4 Å². The van der Waals surface area contributed by atoms with Gasteiger partial charge in [0, 0.05) is 30.3 Å². The molecule has 1 N–H and O–H groups in total. The highest BCUT2D eigenvalue weighted by Gasteiger charge is 2.13. The molecule has 0 saturated heterocycles. The third-order valence-corrected chi connectivity index (χ3v) is 4.28. The average Bonchev–Trinajstić information content (AvgIpc) is 2.96. The summed E-state index contributed by atoms with van der Waals surface area (Å²) in [6.07, 6.45) is 3.16. The van der Waals surface area contributed by atoms with E-state index in [1.807, 2.05) is 0 Å². The monoisotopic (exact) mass is 432 g/mol. The van der Waals surface area contributed by atoms with E-state index < -0.39 is 23.4 Å². The lowest BCUT2D eigenvalue weighted by Crippen LogP contribution is -2.20. The number of hydrogen-bond donors (Lipinski definition) is 1. The lowest BCUT2D eigenvalue weighted by molar-refractivity contribution is -0.384. The van der Waals surface area contributed by atoms with Crippen LogP contribution in [0.2, 0.25) is 5.02 Å². The highest BCUT2D eigenvalue weighted by molar-refractivity contribution is 6.32. The SMILES string of the molecule is O=C(COC(=O)/C=C/c1ccc(Cl)c([N+](=O)[O-])c1)Nc1ccc2c(c1)OCCCO2. The van der Waals surface area contributed by atoms with Gasteiger partial charge in [-0.15, -0.1) is 0 Å². The Morgan fingerprint density at radius 2 is 1.93 bits per heavy atom. The lowest BCUT2D eigenvalue weighted by atomic mass is 10.2. The van der Waals surface area contributed by atoms with Gasteiger partial charge in [-0.25, -0.2) is 4.79 Å². The number of nitro benzene ring substituents is 1. The molecule has 156 valence electrons. The number of hydrogen-bond acceptors (Lipinski definition) is 7. The molecule has 0 fully saturated rings. The van der Waals surface area contributed by atoms with Gasteiger partial charge in [-0.2, -0.15) is 0 Å². The molecule has 0 saturated carbocycles. The Kier molecular flexibility index (Phi) is 6.87. The molecule has 0 aliphatic carbocycles.